The van der Waals surface area contributed by atoms with Crippen LogP contribution in [0.3, 0.4) is 0 Å². The zero-order chi connectivity index (χ0) is 11.2. The van der Waals surface area contributed by atoms with Crippen LogP contribution in [-0.4, -0.2) is 21.0 Å². The molecule has 0 atom stereocenters. The van der Waals surface area contributed by atoms with Gasteiger partial charge in [0.2, 0.25) is 0 Å². The van der Waals surface area contributed by atoms with Crippen molar-refractivity contribution in [2.45, 2.75) is 56.6 Å². The highest BCUT2D eigenvalue weighted by Crippen LogP contribution is 2.40. The molecule has 1 fully saturated rings. The van der Waals surface area contributed by atoms with Crippen molar-refractivity contribution in [1.29, 1.82) is 0 Å². The minimum absolute atomic E-state index is 0. The Labute approximate surface area is 101 Å². The van der Waals surface area contributed by atoms with E-state index in [2.05, 4.69) is 5.32 Å². The minimum atomic E-state index is -1.32. The summed E-state index contributed by atoms with van der Waals surface area (Å²) >= 11 is 6.04. The van der Waals surface area contributed by atoms with Gasteiger partial charge in [0.25, 0.3) is 5.00 Å². The van der Waals surface area contributed by atoms with Gasteiger partial charge in [-0.3, -0.25) is 10.1 Å². The SMILES string of the molecule is CC1(C)CC(Cl)([N+](=O)[O-])CC(C)(C)N1.Cl. The first-order valence-corrected chi connectivity index (χ1v) is 5.07. The largest absolute Gasteiger partial charge is 0.306 e. The summed E-state index contributed by atoms with van der Waals surface area (Å²) in [5.41, 5.74) is -0.590. The van der Waals surface area contributed by atoms with Crippen LogP contribution in [0.25, 0.3) is 0 Å². The Bertz CT molecular complexity index is 251. The predicted octanol–water partition coefficient (Wildman–Crippen LogP) is 2.56. The Morgan fingerprint density at radius 3 is 1.80 bits per heavy atom. The van der Waals surface area contributed by atoms with E-state index in [0.29, 0.717) is 12.8 Å². The number of nitro groups is 1. The van der Waals surface area contributed by atoms with E-state index in [0.717, 1.165) is 0 Å². The van der Waals surface area contributed by atoms with Crippen molar-refractivity contribution in [3.63, 3.8) is 0 Å². The molecule has 0 aliphatic carbocycles. The van der Waals surface area contributed by atoms with E-state index in [1.165, 1.54) is 0 Å². The highest BCUT2D eigenvalue weighted by atomic mass is 35.5. The number of hydrogen-bond acceptors (Lipinski definition) is 3. The van der Waals surface area contributed by atoms with E-state index >= 15 is 0 Å². The van der Waals surface area contributed by atoms with Crippen molar-refractivity contribution in [1.82, 2.24) is 5.32 Å². The molecule has 1 N–H and O–H groups in total. The molecular weight excluding hydrogens is 239 g/mol. The fourth-order valence-corrected chi connectivity index (χ4v) is 3.22. The van der Waals surface area contributed by atoms with Gasteiger partial charge in [-0.15, -0.1) is 12.4 Å². The maximum atomic E-state index is 10.9. The summed E-state index contributed by atoms with van der Waals surface area (Å²) in [6, 6.07) is 0. The third-order valence-electron chi connectivity index (χ3n) is 2.43. The number of halogens is 2. The first-order chi connectivity index (χ1) is 6.06. The van der Waals surface area contributed by atoms with Crippen LogP contribution in [0, 0.1) is 10.1 Å². The molecule has 0 unspecified atom stereocenters. The van der Waals surface area contributed by atoms with Crippen molar-refractivity contribution in [2.24, 2.45) is 0 Å². The number of nitrogens with zero attached hydrogens (tertiary/aromatic N) is 1. The fraction of sp³-hybridized carbons (Fsp3) is 1.00. The maximum absolute atomic E-state index is 10.9. The van der Waals surface area contributed by atoms with Gasteiger partial charge in [-0.1, -0.05) is 0 Å². The second kappa shape index (κ2) is 4.07. The standard InChI is InChI=1S/C9H17ClN2O2.ClH/c1-7(2)5-9(10,12(13)14)6-8(3,4)11-7;/h11H,5-6H2,1-4H3;1H. The lowest BCUT2D eigenvalue weighted by atomic mass is 9.79. The van der Waals surface area contributed by atoms with Gasteiger partial charge in [-0.2, -0.15) is 0 Å². The Hall–Kier alpha value is -0.0600. The first kappa shape index (κ1) is 14.9. The summed E-state index contributed by atoms with van der Waals surface area (Å²) in [6.45, 7) is 7.76. The molecule has 0 radical (unpaired) electrons. The molecule has 1 aliphatic rings. The summed E-state index contributed by atoms with van der Waals surface area (Å²) in [5, 5.41) is 14.3. The summed E-state index contributed by atoms with van der Waals surface area (Å²) < 4.78 is 0. The monoisotopic (exact) mass is 256 g/mol. The Morgan fingerprint density at radius 2 is 1.53 bits per heavy atom. The van der Waals surface area contributed by atoms with Gasteiger partial charge in [0.15, 0.2) is 0 Å². The van der Waals surface area contributed by atoms with E-state index in [1.54, 1.807) is 0 Å². The summed E-state index contributed by atoms with van der Waals surface area (Å²) in [4.78, 5) is 9.21. The molecule has 0 aromatic rings. The molecule has 1 aliphatic heterocycles. The first-order valence-electron chi connectivity index (χ1n) is 4.69. The van der Waals surface area contributed by atoms with Crippen molar-refractivity contribution < 1.29 is 4.92 Å². The number of rotatable bonds is 1. The molecule has 4 nitrogen and oxygen atoms in total. The van der Waals surface area contributed by atoms with Crippen LogP contribution in [-0.2, 0) is 0 Å². The molecule has 1 saturated heterocycles. The third kappa shape index (κ3) is 3.47. The average Bonchev–Trinajstić information content (AvgIpc) is 1.76. The van der Waals surface area contributed by atoms with Gasteiger partial charge in [-0.05, 0) is 39.3 Å². The van der Waals surface area contributed by atoms with Crippen LogP contribution in [0.15, 0.2) is 0 Å². The molecule has 1 rings (SSSR count). The topological polar surface area (TPSA) is 55.2 Å². The van der Waals surface area contributed by atoms with Crippen LogP contribution >= 0.6 is 24.0 Å². The molecule has 0 bridgehead atoms. The van der Waals surface area contributed by atoms with Gasteiger partial charge in [-0.25, -0.2) is 0 Å². The van der Waals surface area contributed by atoms with E-state index in [-0.39, 0.29) is 28.4 Å². The van der Waals surface area contributed by atoms with Crippen LogP contribution in [0.5, 0.6) is 0 Å². The Kier molecular flexibility index (Phi) is 4.06. The zero-order valence-corrected chi connectivity index (χ0v) is 11.0. The molecule has 15 heavy (non-hydrogen) atoms. The second-order valence-electron chi connectivity index (χ2n) is 5.42. The van der Waals surface area contributed by atoms with E-state index in [1.807, 2.05) is 27.7 Å². The highest BCUT2D eigenvalue weighted by molar-refractivity contribution is 6.22. The minimum Gasteiger partial charge on any atom is -0.306 e. The molecule has 0 amide bonds. The Balaban J connectivity index is 0.00000196. The normalized spacial score (nSPS) is 26.5. The number of hydrogen-bond donors (Lipinski definition) is 1. The van der Waals surface area contributed by atoms with Crippen LogP contribution in [0.1, 0.15) is 40.5 Å². The molecule has 1 heterocycles. The lowest BCUT2D eigenvalue weighted by Gasteiger charge is -2.46. The second-order valence-corrected chi connectivity index (χ2v) is 6.12. The van der Waals surface area contributed by atoms with Gasteiger partial charge < -0.3 is 5.32 Å². The number of piperidine rings is 1. The molecule has 90 valence electrons. The molecule has 0 aromatic carbocycles. The zero-order valence-electron chi connectivity index (χ0n) is 9.46. The summed E-state index contributed by atoms with van der Waals surface area (Å²) in [7, 11) is 0. The van der Waals surface area contributed by atoms with Gasteiger partial charge in [0.05, 0.1) is 12.8 Å². The highest BCUT2D eigenvalue weighted by Gasteiger charge is 2.54. The molecule has 6 heteroatoms. The van der Waals surface area contributed by atoms with Gasteiger partial charge >= 0.3 is 0 Å². The summed E-state index contributed by atoms with van der Waals surface area (Å²) in [5.74, 6) is 0. The fourth-order valence-electron chi connectivity index (χ4n) is 2.55. The maximum Gasteiger partial charge on any atom is 0.298 e. The predicted molar refractivity (Wildman–Crippen MR) is 63.4 cm³/mol. The number of nitrogens with one attached hydrogen (secondary N) is 1. The van der Waals surface area contributed by atoms with Crippen LogP contribution in [0.4, 0.5) is 0 Å². The van der Waals surface area contributed by atoms with E-state index in [4.69, 9.17) is 11.6 Å². The van der Waals surface area contributed by atoms with Crippen molar-refractivity contribution in [2.75, 3.05) is 0 Å². The number of alkyl halides is 1. The molecular formula is C9H18Cl2N2O2. The van der Waals surface area contributed by atoms with Gasteiger partial charge in [0.1, 0.15) is 0 Å². The smallest absolute Gasteiger partial charge is 0.298 e. The van der Waals surface area contributed by atoms with Crippen LogP contribution < -0.4 is 5.32 Å². The summed E-state index contributed by atoms with van der Waals surface area (Å²) in [6.07, 6.45) is 0.690. The van der Waals surface area contributed by atoms with Crippen molar-refractivity contribution in [3.05, 3.63) is 10.1 Å². The molecule has 0 saturated carbocycles. The average molecular weight is 257 g/mol. The van der Waals surface area contributed by atoms with Gasteiger partial charge in [0, 0.05) is 16.0 Å². The lowest BCUT2D eigenvalue weighted by Crippen LogP contribution is -2.63. The van der Waals surface area contributed by atoms with Crippen molar-refractivity contribution in [3.8, 4) is 0 Å². The van der Waals surface area contributed by atoms with E-state index in [9.17, 15) is 10.1 Å². The lowest BCUT2D eigenvalue weighted by molar-refractivity contribution is -0.550. The van der Waals surface area contributed by atoms with E-state index < -0.39 is 5.00 Å². The molecule has 0 aromatic heterocycles. The third-order valence-corrected chi connectivity index (χ3v) is 2.83. The quantitative estimate of drug-likeness (QED) is 0.340. The molecule has 0 spiro atoms. The van der Waals surface area contributed by atoms with Crippen molar-refractivity contribution >= 4 is 24.0 Å². The van der Waals surface area contributed by atoms with Crippen LogP contribution in [0.2, 0.25) is 0 Å². The Morgan fingerprint density at radius 1 is 1.20 bits per heavy atom.